The molecule has 0 aliphatic heterocycles. The van der Waals surface area contributed by atoms with Gasteiger partial charge in [0, 0.05) is 37.1 Å². The van der Waals surface area contributed by atoms with E-state index in [1.54, 1.807) is 71.2 Å². The summed E-state index contributed by atoms with van der Waals surface area (Å²) in [6.07, 6.45) is 10.2. The minimum absolute atomic E-state index is 0.0708. The quantitative estimate of drug-likeness (QED) is 0.217. The van der Waals surface area contributed by atoms with Crippen molar-refractivity contribution in [3.05, 3.63) is 94.5 Å². The molecule has 44 heavy (non-hydrogen) atoms. The number of allylic oxidation sites excluding steroid dienone is 1. The Bertz CT molecular complexity index is 1880. The van der Waals surface area contributed by atoms with E-state index in [1.807, 2.05) is 6.08 Å². The van der Waals surface area contributed by atoms with Crippen LogP contribution in [0.25, 0.3) is 11.8 Å². The first kappa shape index (κ1) is 30.4. The lowest BCUT2D eigenvalue weighted by atomic mass is 9.60. The molecule has 3 atom stereocenters. The predicted octanol–water partition coefficient (Wildman–Crippen LogP) is 4.92. The molecular weight excluding hydrogens is 603 g/mol. The van der Waals surface area contributed by atoms with Crippen LogP contribution in [0.2, 0.25) is 5.02 Å². The van der Waals surface area contributed by atoms with Crippen molar-refractivity contribution in [2.45, 2.75) is 56.1 Å². The van der Waals surface area contributed by atoms with E-state index >= 15 is 0 Å². The second-order valence-electron chi connectivity index (χ2n) is 12.3. The van der Waals surface area contributed by atoms with Crippen LogP contribution in [-0.2, 0) is 23.2 Å². The number of aromatic nitrogens is 5. The molecule has 1 unspecified atom stereocenters. The Kier molecular flexibility index (Phi) is 7.64. The van der Waals surface area contributed by atoms with Crippen molar-refractivity contribution < 1.29 is 18.5 Å². The Balaban J connectivity index is 1.46. The number of fused-ring (bicyclic) bond motifs is 2. The van der Waals surface area contributed by atoms with Crippen LogP contribution >= 0.6 is 11.6 Å². The number of carbonyl (C=O) groups is 1. The van der Waals surface area contributed by atoms with E-state index in [2.05, 4.69) is 21.1 Å². The fourth-order valence-electron chi connectivity index (χ4n) is 6.45. The number of aryl methyl sites for hydroxylation is 1. The molecule has 0 amide bonds. The highest BCUT2D eigenvalue weighted by molar-refractivity contribution is 7.98. The van der Waals surface area contributed by atoms with Crippen molar-refractivity contribution in [1.29, 1.82) is 0 Å². The molecule has 2 aliphatic carbocycles. The third-order valence-electron chi connectivity index (χ3n) is 8.47. The molecule has 1 saturated carbocycles. The van der Waals surface area contributed by atoms with E-state index in [-0.39, 0.29) is 29.9 Å². The lowest BCUT2D eigenvalue weighted by Gasteiger charge is -2.48. The highest BCUT2D eigenvalue weighted by Crippen LogP contribution is 2.51. The molecule has 0 radical (unpaired) electrons. The lowest BCUT2D eigenvalue weighted by molar-refractivity contribution is 0.0400. The van der Waals surface area contributed by atoms with Crippen molar-refractivity contribution in [2.24, 2.45) is 12.5 Å². The summed E-state index contributed by atoms with van der Waals surface area (Å²) < 4.78 is 33.3. The molecule has 6 rings (SSSR count). The first-order valence-electron chi connectivity index (χ1n) is 14.3. The molecule has 1 N–H and O–H groups in total. The van der Waals surface area contributed by atoms with Gasteiger partial charge in [0.2, 0.25) is 0 Å². The molecule has 4 aromatic rings. The summed E-state index contributed by atoms with van der Waals surface area (Å²) in [5, 5.41) is 20.2. The van der Waals surface area contributed by atoms with E-state index in [9.17, 15) is 18.5 Å². The molecule has 3 heterocycles. The summed E-state index contributed by atoms with van der Waals surface area (Å²) in [4.78, 5) is 19.5. The van der Waals surface area contributed by atoms with Gasteiger partial charge in [0.1, 0.15) is 11.5 Å². The first-order valence-corrected chi connectivity index (χ1v) is 16.4. The average molecular weight is 637 g/mol. The van der Waals surface area contributed by atoms with Gasteiger partial charge in [-0.1, -0.05) is 17.2 Å². The van der Waals surface area contributed by atoms with Gasteiger partial charge in [-0.2, -0.15) is 10.2 Å². The highest BCUT2D eigenvalue weighted by atomic mass is 35.5. The number of pyridine rings is 1. The number of rotatable bonds is 8. The van der Waals surface area contributed by atoms with Crippen molar-refractivity contribution >= 4 is 39.0 Å². The second kappa shape index (κ2) is 11.1. The molecular formula is C32H34ClFN6O3S. The fraction of sp³-hybridized carbons (Fsp3) is 0.344. The largest absolute Gasteiger partial charge is 0.389 e. The molecule has 230 valence electrons. The SMILES string of the molecule is C=S(=O)(c1cnn(C)c1)N(CC(C)(C)O)[C@H]1CCC2=Cc3c(cnn3-c3ccc(F)cc3)C[C@]2(C(=O)c2cc(Cl)ccn2)C1. The molecule has 9 nitrogen and oxygen atoms in total. The number of Topliss-reactive ketones (excluding diaryl/α,β-unsaturated/α-hetero) is 1. The summed E-state index contributed by atoms with van der Waals surface area (Å²) in [5.41, 5.74) is 1.32. The summed E-state index contributed by atoms with van der Waals surface area (Å²) in [6.45, 7) is 3.41. The maximum atomic E-state index is 14.6. The van der Waals surface area contributed by atoms with Crippen molar-refractivity contribution in [3.63, 3.8) is 0 Å². The van der Waals surface area contributed by atoms with Crippen LogP contribution in [0, 0.1) is 11.2 Å². The number of benzene rings is 1. The molecule has 12 heteroatoms. The fourth-order valence-corrected chi connectivity index (χ4v) is 8.59. The molecule has 2 aliphatic rings. The molecule has 1 aromatic carbocycles. The maximum Gasteiger partial charge on any atom is 0.191 e. The summed E-state index contributed by atoms with van der Waals surface area (Å²) in [5.74, 6) is 3.63. The van der Waals surface area contributed by atoms with Gasteiger partial charge >= 0.3 is 0 Å². The van der Waals surface area contributed by atoms with Gasteiger partial charge in [-0.3, -0.25) is 14.5 Å². The van der Waals surface area contributed by atoms with Gasteiger partial charge in [-0.25, -0.2) is 17.6 Å². The van der Waals surface area contributed by atoms with Gasteiger partial charge in [-0.05, 0) is 93.4 Å². The highest BCUT2D eigenvalue weighted by Gasteiger charge is 2.51. The number of aliphatic hydroxyl groups is 1. The normalized spacial score (nSPS) is 21.3. The summed E-state index contributed by atoms with van der Waals surface area (Å²) >= 11 is 6.31. The Hall–Kier alpha value is -3.64. The molecule has 3 aromatic heterocycles. The zero-order valence-electron chi connectivity index (χ0n) is 24.8. The number of carbonyl (C=O) groups excluding carboxylic acids is 1. The lowest BCUT2D eigenvalue weighted by Crippen LogP contribution is -2.53. The minimum Gasteiger partial charge on any atom is -0.389 e. The number of hydrogen-bond donors (Lipinski definition) is 1. The third kappa shape index (κ3) is 5.53. The van der Waals surface area contributed by atoms with E-state index in [0.717, 1.165) is 16.8 Å². The zero-order valence-corrected chi connectivity index (χ0v) is 26.4. The molecule has 0 saturated heterocycles. The number of ketones is 1. The average Bonchev–Trinajstić information content (AvgIpc) is 3.60. The Morgan fingerprint density at radius 1 is 1.25 bits per heavy atom. The number of nitrogens with zero attached hydrogens (tertiary/aromatic N) is 6. The standard InChI is InChI=1S/C32H34ClFN6O3S/c1-31(2,42)20-39(44(4,43)27-18-36-38(3)19-27)26-8-5-22-13-29-21(17-37-40(29)25-9-6-24(34)7-10-25)15-32(22,16-26)30(41)28-14-23(33)11-12-35-28/h6-7,9-14,17-19,26,42H,4-5,8,15-16,20H2,1-3H3/t26-,32-,44?/m0/s1. The van der Waals surface area contributed by atoms with E-state index in [1.165, 1.54) is 24.5 Å². The molecule has 1 fully saturated rings. The van der Waals surface area contributed by atoms with Crippen LogP contribution in [0.15, 0.2) is 71.7 Å². The van der Waals surface area contributed by atoms with Gasteiger partial charge in [-0.15, -0.1) is 0 Å². The third-order valence-corrected chi connectivity index (χ3v) is 10.8. The van der Waals surface area contributed by atoms with Gasteiger partial charge in [0.15, 0.2) is 5.78 Å². The van der Waals surface area contributed by atoms with E-state index in [4.69, 9.17) is 11.6 Å². The molecule has 0 spiro atoms. The second-order valence-corrected chi connectivity index (χ2v) is 15.0. The smallest absolute Gasteiger partial charge is 0.191 e. The van der Waals surface area contributed by atoms with Gasteiger partial charge in [0.25, 0.3) is 0 Å². The van der Waals surface area contributed by atoms with Gasteiger partial charge < -0.3 is 5.11 Å². The van der Waals surface area contributed by atoms with Crippen LogP contribution in [0.1, 0.15) is 54.9 Å². The van der Waals surface area contributed by atoms with Crippen molar-refractivity contribution in [2.75, 3.05) is 6.54 Å². The zero-order chi connectivity index (χ0) is 31.4. The van der Waals surface area contributed by atoms with Gasteiger partial charge in [0.05, 0.1) is 49.4 Å². The van der Waals surface area contributed by atoms with Crippen LogP contribution in [0.5, 0.6) is 0 Å². The monoisotopic (exact) mass is 636 g/mol. The topological polar surface area (TPSA) is 106 Å². The van der Waals surface area contributed by atoms with Crippen LogP contribution in [0.3, 0.4) is 0 Å². The predicted molar refractivity (Wildman–Crippen MR) is 169 cm³/mol. The van der Waals surface area contributed by atoms with Crippen LogP contribution in [0.4, 0.5) is 4.39 Å². The van der Waals surface area contributed by atoms with E-state index < -0.39 is 20.7 Å². The Morgan fingerprint density at radius 3 is 2.66 bits per heavy atom. The number of halogens is 2. The number of hydrogen-bond acceptors (Lipinski definition) is 6. The van der Waals surface area contributed by atoms with Crippen molar-refractivity contribution in [1.82, 2.24) is 28.9 Å². The Labute approximate surface area is 261 Å². The molecule has 0 bridgehead atoms. The summed E-state index contributed by atoms with van der Waals surface area (Å²) in [6, 6.07) is 8.93. The summed E-state index contributed by atoms with van der Waals surface area (Å²) in [7, 11) is -1.35. The maximum absolute atomic E-state index is 14.6. The van der Waals surface area contributed by atoms with Crippen LogP contribution < -0.4 is 0 Å². The van der Waals surface area contributed by atoms with E-state index in [0.29, 0.717) is 41.3 Å². The Morgan fingerprint density at radius 2 is 2.00 bits per heavy atom. The van der Waals surface area contributed by atoms with Crippen molar-refractivity contribution in [3.8, 4) is 5.69 Å². The minimum atomic E-state index is -3.10. The van der Waals surface area contributed by atoms with Crippen LogP contribution in [-0.4, -0.2) is 68.0 Å². The first-order chi connectivity index (χ1) is 20.8.